The first-order chi connectivity index (χ1) is 15.3. The first-order valence-corrected chi connectivity index (χ1v) is 11.0. The van der Waals surface area contributed by atoms with E-state index in [0.29, 0.717) is 30.2 Å². The molecule has 0 bridgehead atoms. The van der Waals surface area contributed by atoms with E-state index in [1.165, 1.54) is 0 Å². The van der Waals surface area contributed by atoms with Gasteiger partial charge in [0.1, 0.15) is 5.82 Å². The fourth-order valence-corrected chi connectivity index (χ4v) is 3.40. The van der Waals surface area contributed by atoms with E-state index in [4.69, 9.17) is 4.74 Å². The van der Waals surface area contributed by atoms with Gasteiger partial charge >= 0.3 is 0 Å². The van der Waals surface area contributed by atoms with Crippen LogP contribution in [0.3, 0.4) is 0 Å². The van der Waals surface area contributed by atoms with Crippen molar-refractivity contribution in [3.05, 3.63) is 47.2 Å². The maximum atomic E-state index is 13.0. The molecule has 1 saturated heterocycles. The molecule has 4 rings (SSSR count). The fraction of sp³-hybridized carbons (Fsp3) is 0.458. The molecule has 2 fully saturated rings. The highest BCUT2D eigenvalue weighted by atomic mass is 16.5. The standard InChI is InChI=1S/C24H30N4O4/c1-14-4-5-15(22(30)26-17-6-7-17)8-19(14)16-9-20(23(31)27-18-11-32-12-18)21(25-10-16)28-24(2,3)13-29/h4-5,8-10,17-18,29H,6-7,11-13H2,1-3H3,(H,25,28)(H,26,30)(H,27,31). The van der Waals surface area contributed by atoms with Gasteiger partial charge in [-0.3, -0.25) is 9.59 Å². The Balaban J connectivity index is 1.68. The summed E-state index contributed by atoms with van der Waals surface area (Å²) in [6.45, 7) is 6.48. The van der Waals surface area contributed by atoms with Crippen LogP contribution in [-0.4, -0.2) is 59.3 Å². The Morgan fingerprint density at radius 1 is 1.12 bits per heavy atom. The second-order valence-electron chi connectivity index (χ2n) is 9.27. The number of carbonyl (C=O) groups is 2. The van der Waals surface area contributed by atoms with Gasteiger partial charge in [-0.05, 0) is 62.9 Å². The van der Waals surface area contributed by atoms with E-state index in [1.807, 2.05) is 39.0 Å². The lowest BCUT2D eigenvalue weighted by molar-refractivity contribution is -0.00345. The quantitative estimate of drug-likeness (QED) is 0.503. The van der Waals surface area contributed by atoms with Gasteiger partial charge in [-0.2, -0.15) is 0 Å². The first-order valence-electron chi connectivity index (χ1n) is 11.0. The largest absolute Gasteiger partial charge is 0.394 e. The van der Waals surface area contributed by atoms with Crippen LogP contribution in [0.5, 0.6) is 0 Å². The van der Waals surface area contributed by atoms with Crippen molar-refractivity contribution in [3.8, 4) is 11.1 Å². The number of ether oxygens (including phenoxy) is 1. The van der Waals surface area contributed by atoms with E-state index in [1.54, 1.807) is 12.3 Å². The summed E-state index contributed by atoms with van der Waals surface area (Å²) in [5.41, 5.74) is 2.87. The van der Waals surface area contributed by atoms with Crippen molar-refractivity contribution in [1.82, 2.24) is 15.6 Å². The summed E-state index contributed by atoms with van der Waals surface area (Å²) in [5, 5.41) is 18.8. The highest BCUT2D eigenvalue weighted by Crippen LogP contribution is 2.29. The third-order valence-corrected chi connectivity index (χ3v) is 5.68. The van der Waals surface area contributed by atoms with Gasteiger partial charge in [0.25, 0.3) is 11.8 Å². The number of nitrogens with zero attached hydrogens (tertiary/aromatic N) is 1. The number of aliphatic hydroxyl groups excluding tert-OH is 1. The molecule has 2 aromatic rings. The summed E-state index contributed by atoms with van der Waals surface area (Å²) in [7, 11) is 0. The fourth-order valence-electron chi connectivity index (χ4n) is 3.40. The number of hydrogen-bond donors (Lipinski definition) is 4. The molecule has 0 radical (unpaired) electrons. The number of aryl methyl sites for hydroxylation is 1. The third-order valence-electron chi connectivity index (χ3n) is 5.68. The molecule has 2 amide bonds. The van der Waals surface area contributed by atoms with E-state index in [-0.39, 0.29) is 30.5 Å². The Labute approximate surface area is 187 Å². The molecular formula is C24H30N4O4. The molecule has 1 saturated carbocycles. The van der Waals surface area contributed by atoms with Crippen LogP contribution in [-0.2, 0) is 4.74 Å². The summed E-state index contributed by atoms with van der Waals surface area (Å²) in [4.78, 5) is 30.1. The van der Waals surface area contributed by atoms with E-state index < -0.39 is 5.54 Å². The van der Waals surface area contributed by atoms with E-state index in [2.05, 4.69) is 20.9 Å². The number of carbonyl (C=O) groups excluding carboxylic acids is 2. The maximum Gasteiger partial charge on any atom is 0.255 e. The number of aliphatic hydroxyl groups is 1. The molecule has 8 heteroatoms. The number of aromatic nitrogens is 1. The van der Waals surface area contributed by atoms with Crippen molar-refractivity contribution < 1.29 is 19.4 Å². The minimum absolute atomic E-state index is 0.0268. The summed E-state index contributed by atoms with van der Waals surface area (Å²) in [6.07, 6.45) is 3.74. The Kier molecular flexibility index (Phi) is 6.17. The molecule has 1 aromatic carbocycles. The van der Waals surface area contributed by atoms with Gasteiger partial charge in [-0.25, -0.2) is 4.98 Å². The average molecular weight is 439 g/mol. The summed E-state index contributed by atoms with van der Waals surface area (Å²) < 4.78 is 5.16. The van der Waals surface area contributed by atoms with Crippen molar-refractivity contribution in [2.45, 2.75) is 51.2 Å². The zero-order valence-corrected chi connectivity index (χ0v) is 18.7. The SMILES string of the molecule is Cc1ccc(C(=O)NC2CC2)cc1-c1cnc(NC(C)(C)CO)c(C(=O)NC2COC2)c1. The minimum atomic E-state index is -0.653. The number of amides is 2. The van der Waals surface area contributed by atoms with Crippen LogP contribution in [0.4, 0.5) is 5.82 Å². The lowest BCUT2D eigenvalue weighted by atomic mass is 9.97. The Morgan fingerprint density at radius 3 is 2.47 bits per heavy atom. The highest BCUT2D eigenvalue weighted by molar-refractivity contribution is 6.01. The Bertz CT molecular complexity index is 1030. The van der Waals surface area contributed by atoms with Crippen molar-refractivity contribution in [2.75, 3.05) is 25.1 Å². The molecule has 1 aliphatic carbocycles. The van der Waals surface area contributed by atoms with E-state index in [0.717, 1.165) is 29.5 Å². The lowest BCUT2D eigenvalue weighted by Gasteiger charge is -2.28. The molecule has 0 unspecified atom stereocenters. The van der Waals surface area contributed by atoms with E-state index in [9.17, 15) is 14.7 Å². The van der Waals surface area contributed by atoms with Crippen LogP contribution in [0, 0.1) is 6.92 Å². The molecule has 8 nitrogen and oxygen atoms in total. The average Bonchev–Trinajstić information content (AvgIpc) is 3.55. The topological polar surface area (TPSA) is 113 Å². The Hall–Kier alpha value is -2.97. The molecule has 0 atom stereocenters. The van der Waals surface area contributed by atoms with Gasteiger partial charge < -0.3 is 25.8 Å². The van der Waals surface area contributed by atoms with Crippen molar-refractivity contribution in [3.63, 3.8) is 0 Å². The van der Waals surface area contributed by atoms with Crippen molar-refractivity contribution in [1.29, 1.82) is 0 Å². The first kappa shape index (κ1) is 22.2. The molecule has 1 aliphatic heterocycles. The molecular weight excluding hydrogens is 408 g/mol. The Morgan fingerprint density at radius 2 is 1.84 bits per heavy atom. The smallest absolute Gasteiger partial charge is 0.255 e. The van der Waals surface area contributed by atoms with Gasteiger partial charge in [0.2, 0.25) is 0 Å². The molecule has 32 heavy (non-hydrogen) atoms. The molecule has 2 aliphatic rings. The number of nitrogens with one attached hydrogen (secondary N) is 3. The number of pyridine rings is 1. The zero-order chi connectivity index (χ0) is 22.9. The minimum Gasteiger partial charge on any atom is -0.394 e. The predicted octanol–water partition coefficient (Wildman–Crippen LogP) is 2.26. The van der Waals surface area contributed by atoms with Crippen LogP contribution in [0.25, 0.3) is 11.1 Å². The molecule has 1 aromatic heterocycles. The van der Waals surface area contributed by atoms with E-state index >= 15 is 0 Å². The van der Waals surface area contributed by atoms with Crippen LogP contribution >= 0.6 is 0 Å². The molecule has 170 valence electrons. The maximum absolute atomic E-state index is 13.0. The molecule has 0 spiro atoms. The van der Waals surface area contributed by atoms with Crippen LogP contribution in [0.2, 0.25) is 0 Å². The number of hydrogen-bond acceptors (Lipinski definition) is 6. The second kappa shape index (κ2) is 8.88. The normalized spacial score (nSPS) is 16.2. The second-order valence-corrected chi connectivity index (χ2v) is 9.27. The summed E-state index contributed by atoms with van der Waals surface area (Å²) in [6, 6.07) is 7.59. The van der Waals surface area contributed by atoms with Gasteiger partial charge in [0.15, 0.2) is 0 Å². The van der Waals surface area contributed by atoms with Crippen LogP contribution in [0.1, 0.15) is 53.0 Å². The van der Waals surface area contributed by atoms with Gasteiger partial charge in [0, 0.05) is 23.4 Å². The highest BCUT2D eigenvalue weighted by Gasteiger charge is 2.27. The summed E-state index contributed by atoms with van der Waals surface area (Å²) >= 11 is 0. The third kappa shape index (κ3) is 5.08. The van der Waals surface area contributed by atoms with Gasteiger partial charge in [-0.1, -0.05) is 6.07 Å². The van der Waals surface area contributed by atoms with Gasteiger partial charge in [0.05, 0.1) is 37.0 Å². The lowest BCUT2D eigenvalue weighted by Crippen LogP contribution is -2.48. The van der Waals surface area contributed by atoms with Crippen LogP contribution in [0.15, 0.2) is 30.5 Å². The zero-order valence-electron chi connectivity index (χ0n) is 18.7. The summed E-state index contributed by atoms with van der Waals surface area (Å²) in [5.74, 6) is 0.0441. The van der Waals surface area contributed by atoms with Gasteiger partial charge in [-0.15, -0.1) is 0 Å². The predicted molar refractivity (Wildman–Crippen MR) is 122 cm³/mol. The van der Waals surface area contributed by atoms with Crippen molar-refractivity contribution in [2.24, 2.45) is 0 Å². The monoisotopic (exact) mass is 438 g/mol. The van der Waals surface area contributed by atoms with Crippen molar-refractivity contribution >= 4 is 17.6 Å². The van der Waals surface area contributed by atoms with Crippen LogP contribution < -0.4 is 16.0 Å². The molecule has 4 N–H and O–H groups in total. The number of anilines is 1. The molecule has 2 heterocycles. The number of rotatable bonds is 8. The number of benzene rings is 1.